The summed E-state index contributed by atoms with van der Waals surface area (Å²) in [5, 5.41) is 1.58. The normalized spacial score (nSPS) is 20.7. The number of hydrogen-bond acceptors (Lipinski definition) is 3. The maximum Gasteiger partial charge on any atom is 0.107 e. The van der Waals surface area contributed by atoms with Gasteiger partial charge in [-0.05, 0) is 52.6 Å². The van der Waals surface area contributed by atoms with E-state index >= 15 is 0 Å². The molecule has 0 aliphatic carbocycles. The second-order valence-corrected chi connectivity index (χ2v) is 7.02. The van der Waals surface area contributed by atoms with Crippen LogP contribution >= 0.6 is 22.9 Å². The summed E-state index contributed by atoms with van der Waals surface area (Å²) in [4.78, 5) is 8.47. The van der Waals surface area contributed by atoms with Gasteiger partial charge in [0.25, 0.3) is 0 Å². The highest BCUT2D eigenvalue weighted by Gasteiger charge is 2.23. The lowest BCUT2D eigenvalue weighted by atomic mass is 9.94. The molecule has 0 saturated carbocycles. The zero-order chi connectivity index (χ0) is 12.4. The van der Waals surface area contributed by atoms with Gasteiger partial charge in [-0.15, -0.1) is 22.9 Å². The van der Waals surface area contributed by atoms with Crippen LogP contribution in [0.25, 0.3) is 0 Å². The van der Waals surface area contributed by atoms with Crippen molar-refractivity contribution in [1.29, 1.82) is 0 Å². The van der Waals surface area contributed by atoms with Crippen LogP contribution in [0, 0.1) is 19.8 Å². The van der Waals surface area contributed by atoms with Crippen LogP contribution in [0.15, 0.2) is 0 Å². The first kappa shape index (κ1) is 13.3. The Morgan fingerprint density at radius 3 is 2.53 bits per heavy atom. The number of alkyl halides is 1. The first-order chi connectivity index (χ1) is 8.06. The Labute approximate surface area is 113 Å². The van der Waals surface area contributed by atoms with Crippen molar-refractivity contribution in [2.75, 3.05) is 13.1 Å². The van der Waals surface area contributed by atoms with Crippen molar-refractivity contribution in [1.82, 2.24) is 9.88 Å². The molecule has 0 N–H and O–H groups in total. The summed E-state index contributed by atoms with van der Waals surface area (Å²) < 4.78 is 0. The molecule has 1 unspecified atom stereocenters. The zero-order valence-corrected chi connectivity index (χ0v) is 12.4. The first-order valence-electron chi connectivity index (χ1n) is 6.35. The topological polar surface area (TPSA) is 16.1 Å². The van der Waals surface area contributed by atoms with Crippen LogP contribution in [0.5, 0.6) is 0 Å². The molecule has 1 aromatic heterocycles. The minimum atomic E-state index is 0.321. The van der Waals surface area contributed by atoms with Crippen LogP contribution in [0.2, 0.25) is 0 Å². The fourth-order valence-electron chi connectivity index (χ4n) is 2.37. The van der Waals surface area contributed by atoms with Crippen molar-refractivity contribution in [3.8, 4) is 0 Å². The van der Waals surface area contributed by atoms with E-state index in [1.54, 1.807) is 0 Å². The highest BCUT2D eigenvalue weighted by atomic mass is 35.5. The lowest BCUT2D eigenvalue weighted by Crippen LogP contribution is -2.35. The van der Waals surface area contributed by atoms with Crippen molar-refractivity contribution >= 4 is 22.9 Å². The summed E-state index contributed by atoms with van der Waals surface area (Å²) in [5.74, 6) is 0.702. The van der Waals surface area contributed by atoms with Crippen LogP contribution in [-0.4, -0.2) is 28.4 Å². The van der Waals surface area contributed by atoms with Crippen LogP contribution in [0.1, 0.15) is 35.3 Å². The average Bonchev–Trinajstić information content (AvgIpc) is 2.58. The Morgan fingerprint density at radius 2 is 2.06 bits per heavy atom. The second kappa shape index (κ2) is 5.68. The fourth-order valence-corrected chi connectivity index (χ4v) is 3.60. The molecule has 4 heteroatoms. The third-order valence-corrected chi connectivity index (χ3v) is 5.13. The molecular weight excluding hydrogens is 252 g/mol. The molecule has 1 aliphatic heterocycles. The average molecular weight is 273 g/mol. The van der Waals surface area contributed by atoms with Gasteiger partial charge in [0.2, 0.25) is 0 Å². The summed E-state index contributed by atoms with van der Waals surface area (Å²) in [6.45, 7) is 9.71. The third-order valence-electron chi connectivity index (χ3n) is 3.71. The monoisotopic (exact) mass is 272 g/mol. The summed E-state index contributed by atoms with van der Waals surface area (Å²) in [6.07, 6.45) is 2.46. The van der Waals surface area contributed by atoms with E-state index in [9.17, 15) is 0 Å². The van der Waals surface area contributed by atoms with Crippen LogP contribution < -0.4 is 0 Å². The first-order valence-corrected chi connectivity index (χ1v) is 7.61. The lowest BCUT2D eigenvalue weighted by molar-refractivity contribution is 0.176. The molecule has 1 fully saturated rings. The maximum absolute atomic E-state index is 6.16. The van der Waals surface area contributed by atoms with E-state index in [2.05, 4.69) is 30.7 Å². The van der Waals surface area contributed by atoms with Crippen molar-refractivity contribution in [2.24, 2.45) is 5.92 Å². The number of aryl methyl sites for hydroxylation is 2. The molecule has 2 rings (SSSR count). The van der Waals surface area contributed by atoms with E-state index in [1.165, 1.54) is 41.5 Å². The Morgan fingerprint density at radius 1 is 1.41 bits per heavy atom. The summed E-state index contributed by atoms with van der Waals surface area (Å²) in [6, 6.07) is 0. The van der Waals surface area contributed by atoms with E-state index in [0.717, 1.165) is 6.54 Å². The molecule has 0 spiro atoms. The van der Waals surface area contributed by atoms with E-state index in [0.29, 0.717) is 11.3 Å². The van der Waals surface area contributed by atoms with Gasteiger partial charge in [0.15, 0.2) is 0 Å². The Bertz CT molecular complexity index is 348. The number of piperidine rings is 1. The zero-order valence-electron chi connectivity index (χ0n) is 10.9. The number of hydrogen-bond donors (Lipinski definition) is 0. The van der Waals surface area contributed by atoms with Gasteiger partial charge in [0, 0.05) is 10.3 Å². The van der Waals surface area contributed by atoms with Gasteiger partial charge in [-0.3, -0.25) is 4.90 Å². The van der Waals surface area contributed by atoms with E-state index < -0.39 is 0 Å². The SMILES string of the molecule is Cc1nc(CN2CCC(C(C)Cl)CC2)sc1C. The number of nitrogens with zero attached hydrogens (tertiary/aromatic N) is 2. The lowest BCUT2D eigenvalue weighted by Gasteiger charge is -2.32. The summed E-state index contributed by atoms with van der Waals surface area (Å²) in [5.41, 5.74) is 1.19. The summed E-state index contributed by atoms with van der Waals surface area (Å²) >= 11 is 8.00. The number of thiazole rings is 1. The number of aromatic nitrogens is 1. The standard InChI is InChI=1S/C13H21ClN2S/c1-9(14)12-4-6-16(7-5-12)8-13-15-10(2)11(3)17-13/h9,12H,4-8H2,1-3H3. The molecular formula is C13H21ClN2S. The van der Waals surface area contributed by atoms with Crippen LogP contribution in [0.4, 0.5) is 0 Å². The molecule has 0 radical (unpaired) electrons. The van der Waals surface area contributed by atoms with E-state index in [-0.39, 0.29) is 0 Å². The molecule has 0 bridgehead atoms. The molecule has 1 saturated heterocycles. The van der Waals surface area contributed by atoms with Gasteiger partial charge in [0.1, 0.15) is 5.01 Å². The predicted octanol–water partition coefficient (Wildman–Crippen LogP) is 3.60. The minimum Gasteiger partial charge on any atom is -0.297 e. The van der Waals surface area contributed by atoms with Gasteiger partial charge in [-0.2, -0.15) is 0 Å². The van der Waals surface area contributed by atoms with E-state index in [4.69, 9.17) is 11.6 Å². The van der Waals surface area contributed by atoms with E-state index in [1.807, 2.05) is 11.3 Å². The van der Waals surface area contributed by atoms with Crippen LogP contribution in [0.3, 0.4) is 0 Å². The number of likely N-dealkylation sites (tertiary alicyclic amines) is 1. The smallest absolute Gasteiger partial charge is 0.107 e. The fraction of sp³-hybridized carbons (Fsp3) is 0.769. The molecule has 0 aromatic carbocycles. The summed E-state index contributed by atoms with van der Waals surface area (Å²) in [7, 11) is 0. The van der Waals surface area contributed by atoms with Crippen molar-refractivity contribution in [3.63, 3.8) is 0 Å². The molecule has 1 aromatic rings. The van der Waals surface area contributed by atoms with Gasteiger partial charge >= 0.3 is 0 Å². The highest BCUT2D eigenvalue weighted by Crippen LogP contribution is 2.26. The van der Waals surface area contributed by atoms with Crippen molar-refractivity contribution < 1.29 is 0 Å². The third kappa shape index (κ3) is 3.43. The molecule has 1 atom stereocenters. The molecule has 1 aliphatic rings. The molecule has 96 valence electrons. The predicted molar refractivity (Wildman–Crippen MR) is 74.9 cm³/mol. The molecule has 2 nitrogen and oxygen atoms in total. The van der Waals surface area contributed by atoms with Crippen LogP contribution in [-0.2, 0) is 6.54 Å². The largest absolute Gasteiger partial charge is 0.297 e. The highest BCUT2D eigenvalue weighted by molar-refractivity contribution is 7.11. The molecule has 0 amide bonds. The number of rotatable bonds is 3. The van der Waals surface area contributed by atoms with Gasteiger partial charge in [-0.1, -0.05) is 0 Å². The minimum absolute atomic E-state index is 0.321. The Hall–Kier alpha value is -0.120. The Kier molecular flexibility index (Phi) is 4.45. The van der Waals surface area contributed by atoms with Gasteiger partial charge < -0.3 is 0 Å². The quantitative estimate of drug-likeness (QED) is 0.782. The van der Waals surface area contributed by atoms with Crippen molar-refractivity contribution in [2.45, 2.75) is 45.5 Å². The maximum atomic E-state index is 6.16. The number of halogens is 1. The Balaban J connectivity index is 1.86. The van der Waals surface area contributed by atoms with Gasteiger partial charge in [-0.25, -0.2) is 4.98 Å². The molecule has 2 heterocycles. The molecule has 17 heavy (non-hydrogen) atoms. The van der Waals surface area contributed by atoms with Gasteiger partial charge in [0.05, 0.1) is 12.2 Å². The second-order valence-electron chi connectivity index (χ2n) is 5.04. The van der Waals surface area contributed by atoms with Crippen molar-refractivity contribution in [3.05, 3.63) is 15.6 Å².